The molecule has 1 fully saturated rings. The Balaban J connectivity index is 1.67. The van der Waals surface area contributed by atoms with Crippen LogP contribution in [0.2, 0.25) is 0 Å². The lowest BCUT2D eigenvalue weighted by molar-refractivity contribution is 0.122. The smallest absolute Gasteiger partial charge is 0.186 e. The summed E-state index contributed by atoms with van der Waals surface area (Å²) in [6.07, 6.45) is 2.28. The van der Waals surface area contributed by atoms with E-state index >= 15 is 0 Å². The Morgan fingerprint density at radius 3 is 3.00 bits per heavy atom. The van der Waals surface area contributed by atoms with Gasteiger partial charge in [0.1, 0.15) is 0 Å². The first-order chi connectivity index (χ1) is 11.3. The van der Waals surface area contributed by atoms with Crippen molar-refractivity contribution in [2.45, 2.75) is 19.8 Å². The monoisotopic (exact) mass is 350 g/mol. The summed E-state index contributed by atoms with van der Waals surface area (Å²) in [4.78, 5) is 7.02. The minimum absolute atomic E-state index is 0.677. The maximum absolute atomic E-state index is 5.40. The highest BCUT2D eigenvalue weighted by Crippen LogP contribution is 2.31. The molecule has 1 aromatic heterocycles. The van der Waals surface area contributed by atoms with Crippen molar-refractivity contribution in [3.63, 3.8) is 0 Å². The number of anilines is 2. The molecule has 0 radical (unpaired) electrons. The van der Waals surface area contributed by atoms with E-state index in [4.69, 9.17) is 21.9 Å². The lowest BCUT2D eigenvalue weighted by Crippen LogP contribution is -2.36. The number of ether oxygens (including phenoxy) is 1. The zero-order chi connectivity index (χ0) is 16.1. The third-order valence-corrected chi connectivity index (χ3v) is 5.06. The minimum Gasteiger partial charge on any atom is -0.378 e. The fourth-order valence-corrected chi connectivity index (χ4v) is 3.71. The van der Waals surface area contributed by atoms with Gasteiger partial charge in [0, 0.05) is 25.3 Å². The van der Waals surface area contributed by atoms with Gasteiger partial charge in [-0.15, -0.1) is 0 Å². The van der Waals surface area contributed by atoms with Gasteiger partial charge in [-0.05, 0) is 36.8 Å². The molecule has 23 heavy (non-hydrogen) atoms. The third kappa shape index (κ3) is 4.31. The van der Waals surface area contributed by atoms with E-state index in [0.29, 0.717) is 5.11 Å². The Bertz CT molecular complexity index is 667. The van der Waals surface area contributed by atoms with E-state index in [0.717, 1.165) is 62.0 Å². The van der Waals surface area contributed by atoms with Crippen molar-refractivity contribution in [2.75, 3.05) is 43.1 Å². The van der Waals surface area contributed by atoms with Crippen molar-refractivity contribution in [3.8, 4) is 0 Å². The molecule has 2 N–H and O–H groups in total. The Kier molecular flexibility index (Phi) is 5.64. The van der Waals surface area contributed by atoms with Crippen molar-refractivity contribution >= 4 is 49.7 Å². The fraction of sp³-hybridized carbons (Fsp3) is 0.500. The number of rotatable bonds is 5. The van der Waals surface area contributed by atoms with Gasteiger partial charge in [-0.3, -0.25) is 0 Å². The molecule has 0 unspecified atom stereocenters. The number of benzene rings is 1. The molecule has 2 heterocycles. The summed E-state index contributed by atoms with van der Waals surface area (Å²) < 4.78 is 6.58. The number of thiazole rings is 1. The van der Waals surface area contributed by atoms with Crippen LogP contribution in [0.4, 0.5) is 10.8 Å². The molecular formula is C16H22N4OS2. The highest BCUT2D eigenvalue weighted by molar-refractivity contribution is 7.80. The maximum Gasteiger partial charge on any atom is 0.186 e. The van der Waals surface area contributed by atoms with Gasteiger partial charge >= 0.3 is 0 Å². The summed E-state index contributed by atoms with van der Waals surface area (Å²) in [5.41, 5.74) is 2.04. The normalized spacial score (nSPS) is 14.9. The number of hydrogen-bond donors (Lipinski definition) is 2. The molecule has 1 saturated heterocycles. The number of nitrogens with one attached hydrogen (secondary N) is 2. The van der Waals surface area contributed by atoms with E-state index in [1.165, 1.54) is 4.70 Å². The van der Waals surface area contributed by atoms with E-state index < -0.39 is 0 Å². The predicted molar refractivity (Wildman–Crippen MR) is 102 cm³/mol. The van der Waals surface area contributed by atoms with Crippen LogP contribution in [0.3, 0.4) is 0 Å². The number of hydrogen-bond acceptors (Lipinski definition) is 5. The van der Waals surface area contributed by atoms with Crippen molar-refractivity contribution < 1.29 is 4.74 Å². The molecule has 0 spiro atoms. The summed E-state index contributed by atoms with van der Waals surface area (Å²) >= 11 is 7.05. The Labute approximate surface area is 146 Å². The summed E-state index contributed by atoms with van der Waals surface area (Å²) in [6.45, 7) is 6.46. The number of morpholine rings is 1. The number of aromatic nitrogens is 1. The Hall–Kier alpha value is -1.44. The predicted octanol–water partition coefficient (Wildman–Crippen LogP) is 3.22. The van der Waals surface area contributed by atoms with Crippen LogP contribution in [0, 0.1) is 0 Å². The summed E-state index contributed by atoms with van der Waals surface area (Å²) in [5.74, 6) is 0. The number of fused-ring (bicyclic) bond motifs is 1. The molecule has 2 aromatic rings. The molecule has 0 atom stereocenters. The van der Waals surface area contributed by atoms with Gasteiger partial charge in [0.25, 0.3) is 0 Å². The second kappa shape index (κ2) is 7.90. The standard InChI is InChI=1S/C16H22N4OS2/c1-2-3-6-17-15(22)18-12-4-5-13-14(11-12)23-16(19-13)20-7-9-21-10-8-20/h4-5,11H,2-3,6-10H2,1H3,(H2,17,18,22). The van der Waals surface area contributed by atoms with Crippen molar-refractivity contribution in [1.29, 1.82) is 0 Å². The van der Waals surface area contributed by atoms with E-state index in [9.17, 15) is 0 Å². The summed E-state index contributed by atoms with van der Waals surface area (Å²) in [7, 11) is 0. The number of thiocarbonyl (C=S) groups is 1. The van der Waals surface area contributed by atoms with Crippen LogP contribution < -0.4 is 15.5 Å². The molecule has 0 amide bonds. The van der Waals surface area contributed by atoms with Crippen LogP contribution in [-0.4, -0.2) is 42.9 Å². The van der Waals surface area contributed by atoms with E-state index in [1.807, 2.05) is 12.1 Å². The molecule has 124 valence electrons. The van der Waals surface area contributed by atoms with Crippen LogP contribution in [0.1, 0.15) is 19.8 Å². The van der Waals surface area contributed by atoms with Gasteiger partial charge in [0.05, 0.1) is 23.4 Å². The van der Waals surface area contributed by atoms with Crippen LogP contribution in [0.15, 0.2) is 18.2 Å². The fourth-order valence-electron chi connectivity index (χ4n) is 2.43. The number of nitrogens with zero attached hydrogens (tertiary/aromatic N) is 2. The second-order valence-corrected chi connectivity index (χ2v) is 6.93. The zero-order valence-corrected chi connectivity index (χ0v) is 14.9. The Morgan fingerprint density at radius 2 is 2.22 bits per heavy atom. The van der Waals surface area contributed by atoms with Gasteiger partial charge in [-0.2, -0.15) is 0 Å². The highest BCUT2D eigenvalue weighted by Gasteiger charge is 2.15. The molecule has 7 heteroatoms. The molecule has 1 aromatic carbocycles. The molecular weight excluding hydrogens is 328 g/mol. The maximum atomic E-state index is 5.40. The van der Waals surface area contributed by atoms with Gasteiger partial charge < -0.3 is 20.3 Å². The van der Waals surface area contributed by atoms with Gasteiger partial charge in [0.2, 0.25) is 0 Å². The lowest BCUT2D eigenvalue weighted by atomic mass is 10.3. The van der Waals surface area contributed by atoms with Crippen LogP contribution >= 0.6 is 23.6 Å². The van der Waals surface area contributed by atoms with Crippen molar-refractivity contribution in [2.24, 2.45) is 0 Å². The second-order valence-electron chi connectivity index (χ2n) is 5.51. The Morgan fingerprint density at radius 1 is 1.39 bits per heavy atom. The molecule has 5 nitrogen and oxygen atoms in total. The van der Waals surface area contributed by atoms with Crippen molar-refractivity contribution in [3.05, 3.63) is 18.2 Å². The van der Waals surface area contributed by atoms with Crippen molar-refractivity contribution in [1.82, 2.24) is 10.3 Å². The molecule has 0 saturated carbocycles. The first kappa shape index (κ1) is 16.4. The molecule has 0 aliphatic carbocycles. The van der Waals surface area contributed by atoms with Crippen LogP contribution in [-0.2, 0) is 4.74 Å². The first-order valence-electron chi connectivity index (χ1n) is 8.04. The molecule has 3 rings (SSSR count). The summed E-state index contributed by atoms with van der Waals surface area (Å²) in [6, 6.07) is 6.19. The van der Waals surface area contributed by atoms with Crippen LogP contribution in [0.25, 0.3) is 10.2 Å². The highest BCUT2D eigenvalue weighted by atomic mass is 32.1. The molecule has 0 bridgehead atoms. The average molecular weight is 351 g/mol. The van der Waals surface area contributed by atoms with Crippen LogP contribution in [0.5, 0.6) is 0 Å². The third-order valence-electron chi connectivity index (χ3n) is 3.73. The average Bonchev–Trinajstić information content (AvgIpc) is 2.99. The SMILES string of the molecule is CCCCNC(=S)Nc1ccc2nc(N3CCOCC3)sc2c1. The quantitative estimate of drug-likeness (QED) is 0.638. The summed E-state index contributed by atoms with van der Waals surface area (Å²) in [5, 5.41) is 8.22. The van der Waals surface area contributed by atoms with Gasteiger partial charge in [0.15, 0.2) is 10.2 Å². The minimum atomic E-state index is 0.677. The molecule has 1 aliphatic rings. The topological polar surface area (TPSA) is 49.4 Å². The van der Waals surface area contributed by atoms with E-state index in [-0.39, 0.29) is 0 Å². The van der Waals surface area contributed by atoms with Gasteiger partial charge in [-0.1, -0.05) is 24.7 Å². The zero-order valence-electron chi connectivity index (χ0n) is 13.3. The van der Waals surface area contributed by atoms with E-state index in [2.05, 4.69) is 28.5 Å². The van der Waals surface area contributed by atoms with Gasteiger partial charge in [-0.25, -0.2) is 4.98 Å². The number of unbranched alkanes of at least 4 members (excludes halogenated alkanes) is 1. The van der Waals surface area contributed by atoms with E-state index in [1.54, 1.807) is 11.3 Å². The first-order valence-corrected chi connectivity index (χ1v) is 9.27. The molecule has 1 aliphatic heterocycles. The largest absolute Gasteiger partial charge is 0.378 e. The lowest BCUT2D eigenvalue weighted by Gasteiger charge is -2.25.